The van der Waals surface area contributed by atoms with Crippen molar-refractivity contribution in [3.8, 4) is 22.6 Å². The highest BCUT2D eigenvalue weighted by atomic mass is 16.5. The Bertz CT molecular complexity index is 869. The first kappa shape index (κ1) is 18.3. The lowest BCUT2D eigenvalue weighted by molar-refractivity contribution is -0.0293. The number of phenols is 1. The first-order valence-electron chi connectivity index (χ1n) is 8.89. The molecule has 1 aromatic carbocycles. The zero-order valence-electron chi connectivity index (χ0n) is 15.3. The van der Waals surface area contributed by atoms with Crippen LogP contribution in [0.25, 0.3) is 11.1 Å². The Morgan fingerprint density at radius 3 is 2.69 bits per heavy atom. The lowest BCUT2D eigenvalue weighted by Gasteiger charge is -2.30. The number of ether oxygens (including phenoxy) is 1. The molecule has 1 aliphatic heterocycles. The molecular formula is C21H25NO4. The van der Waals surface area contributed by atoms with Crippen LogP contribution in [0.15, 0.2) is 47.4 Å². The zero-order valence-corrected chi connectivity index (χ0v) is 15.3. The molecule has 0 saturated heterocycles. The van der Waals surface area contributed by atoms with E-state index in [1.807, 2.05) is 19.9 Å². The number of aliphatic hydroxyl groups is 1. The normalized spacial score (nSPS) is 23.0. The lowest BCUT2D eigenvalue weighted by atomic mass is 9.85. The Hall–Kier alpha value is -2.53. The number of aliphatic hydroxyl groups excluding tert-OH is 1. The molecule has 3 N–H and O–H groups in total. The van der Waals surface area contributed by atoms with E-state index in [1.54, 1.807) is 30.5 Å². The van der Waals surface area contributed by atoms with E-state index < -0.39 is 11.7 Å². The van der Waals surface area contributed by atoms with E-state index in [-0.39, 0.29) is 16.9 Å². The topological polar surface area (TPSA) is 82.5 Å². The third-order valence-corrected chi connectivity index (χ3v) is 4.97. The van der Waals surface area contributed by atoms with Crippen LogP contribution in [0.1, 0.15) is 45.3 Å². The number of rotatable bonds is 5. The molecule has 3 atom stereocenters. The van der Waals surface area contributed by atoms with Crippen molar-refractivity contribution in [3.63, 3.8) is 0 Å². The molecule has 0 spiro atoms. The van der Waals surface area contributed by atoms with Gasteiger partial charge in [-0.25, -0.2) is 0 Å². The molecule has 2 heterocycles. The number of hydrogen-bond donors (Lipinski definition) is 3. The van der Waals surface area contributed by atoms with Gasteiger partial charge in [-0.1, -0.05) is 31.2 Å². The smallest absolute Gasteiger partial charge is 0.257 e. The minimum absolute atomic E-state index is 0.165. The van der Waals surface area contributed by atoms with E-state index in [0.717, 1.165) is 12.0 Å². The first-order valence-corrected chi connectivity index (χ1v) is 8.89. The summed E-state index contributed by atoms with van der Waals surface area (Å²) in [6, 6.07) is 6.67. The van der Waals surface area contributed by atoms with Crippen LogP contribution < -0.4 is 10.3 Å². The summed E-state index contributed by atoms with van der Waals surface area (Å²) in [4.78, 5) is 15.1. The van der Waals surface area contributed by atoms with E-state index in [0.29, 0.717) is 23.7 Å². The number of fused-ring (bicyclic) bond motifs is 1. The molecule has 1 aliphatic rings. The van der Waals surface area contributed by atoms with Crippen molar-refractivity contribution >= 4 is 0 Å². The molecule has 26 heavy (non-hydrogen) atoms. The summed E-state index contributed by atoms with van der Waals surface area (Å²) < 4.78 is 6.20. The molecular weight excluding hydrogens is 330 g/mol. The number of hydrogen-bond acceptors (Lipinski definition) is 4. The average molecular weight is 355 g/mol. The van der Waals surface area contributed by atoms with Crippen LogP contribution in [-0.4, -0.2) is 20.8 Å². The fourth-order valence-electron chi connectivity index (χ4n) is 3.63. The molecule has 0 amide bonds. The predicted octanol–water partition coefficient (Wildman–Crippen LogP) is 3.92. The summed E-state index contributed by atoms with van der Waals surface area (Å²) in [7, 11) is 0. The van der Waals surface area contributed by atoms with Crippen molar-refractivity contribution in [2.45, 2.75) is 45.3 Å². The van der Waals surface area contributed by atoms with Gasteiger partial charge < -0.3 is 19.9 Å². The number of H-pyrrole nitrogens is 1. The van der Waals surface area contributed by atoms with Crippen molar-refractivity contribution in [3.05, 3.63) is 58.5 Å². The van der Waals surface area contributed by atoms with E-state index in [1.165, 1.54) is 0 Å². The Kier molecular flexibility index (Phi) is 4.92. The van der Waals surface area contributed by atoms with E-state index in [4.69, 9.17) is 4.74 Å². The molecule has 0 unspecified atom stereocenters. The number of aromatic nitrogens is 1. The van der Waals surface area contributed by atoms with E-state index in [2.05, 4.69) is 18.0 Å². The monoisotopic (exact) mass is 355 g/mol. The highest BCUT2D eigenvalue weighted by molar-refractivity contribution is 5.73. The van der Waals surface area contributed by atoms with Gasteiger partial charge in [-0.2, -0.15) is 0 Å². The second-order valence-electron chi connectivity index (χ2n) is 7.25. The molecule has 2 aromatic rings. The van der Waals surface area contributed by atoms with E-state index in [9.17, 15) is 15.0 Å². The Labute approximate surface area is 153 Å². The molecule has 3 rings (SSSR count). The SMILES string of the molecule is C/C=C/C[C@H](C)C[C@@]1(C)Oc2c(-c3ccc(O)cc3)c[nH]c(=O)c2[C@H]1O. The summed E-state index contributed by atoms with van der Waals surface area (Å²) in [5, 5.41) is 20.4. The summed E-state index contributed by atoms with van der Waals surface area (Å²) >= 11 is 0. The van der Waals surface area contributed by atoms with Crippen LogP contribution >= 0.6 is 0 Å². The van der Waals surface area contributed by atoms with Gasteiger partial charge in [0.2, 0.25) is 0 Å². The molecule has 5 heteroatoms. The third kappa shape index (κ3) is 3.27. The van der Waals surface area contributed by atoms with Crippen LogP contribution in [0, 0.1) is 5.92 Å². The summed E-state index contributed by atoms with van der Waals surface area (Å²) in [5.74, 6) is 0.891. The molecule has 0 radical (unpaired) electrons. The van der Waals surface area contributed by atoms with Crippen molar-refractivity contribution in [2.75, 3.05) is 0 Å². The maximum Gasteiger partial charge on any atom is 0.257 e. The molecule has 138 valence electrons. The second-order valence-corrected chi connectivity index (χ2v) is 7.25. The van der Waals surface area contributed by atoms with Crippen LogP contribution in [0.4, 0.5) is 0 Å². The molecule has 1 aromatic heterocycles. The van der Waals surface area contributed by atoms with Crippen molar-refractivity contribution < 1.29 is 14.9 Å². The van der Waals surface area contributed by atoms with E-state index >= 15 is 0 Å². The van der Waals surface area contributed by atoms with Gasteiger partial charge in [-0.15, -0.1) is 0 Å². The Morgan fingerprint density at radius 2 is 2.04 bits per heavy atom. The number of aromatic amines is 1. The lowest BCUT2D eigenvalue weighted by Crippen LogP contribution is -2.37. The van der Waals surface area contributed by atoms with Gasteiger partial charge in [0, 0.05) is 11.8 Å². The van der Waals surface area contributed by atoms with Gasteiger partial charge in [0.05, 0.1) is 5.56 Å². The van der Waals surface area contributed by atoms with Crippen LogP contribution in [0.3, 0.4) is 0 Å². The van der Waals surface area contributed by atoms with Gasteiger partial charge in [0.15, 0.2) is 0 Å². The van der Waals surface area contributed by atoms with Crippen LogP contribution in [0.5, 0.6) is 11.5 Å². The van der Waals surface area contributed by atoms with Crippen LogP contribution in [-0.2, 0) is 0 Å². The standard InChI is InChI=1S/C21H25NO4/c1-4-5-6-13(2)11-21(3)19(24)17-18(26-21)16(12-22-20(17)25)14-7-9-15(23)10-8-14/h4-5,7-10,12-13,19,23-24H,6,11H2,1-3H3,(H,22,25)/b5-4+/t13-,19+,21+/m0/s1. The molecule has 0 aliphatic carbocycles. The quantitative estimate of drug-likeness (QED) is 0.710. The fraction of sp³-hybridized carbons (Fsp3) is 0.381. The minimum Gasteiger partial charge on any atom is -0.508 e. The molecule has 0 bridgehead atoms. The van der Waals surface area contributed by atoms with Gasteiger partial charge in [0.1, 0.15) is 23.2 Å². The second kappa shape index (κ2) is 7.00. The number of pyridine rings is 1. The predicted molar refractivity (Wildman–Crippen MR) is 101 cm³/mol. The van der Waals surface area contributed by atoms with Gasteiger partial charge in [-0.05, 0) is 50.3 Å². The van der Waals surface area contributed by atoms with Crippen molar-refractivity contribution in [2.24, 2.45) is 5.92 Å². The number of phenolic OH excluding ortho intramolecular Hbond substituents is 1. The summed E-state index contributed by atoms with van der Waals surface area (Å²) in [5.41, 5.74) is 0.581. The van der Waals surface area contributed by atoms with Crippen molar-refractivity contribution in [1.82, 2.24) is 4.98 Å². The van der Waals surface area contributed by atoms with Gasteiger partial charge in [0.25, 0.3) is 5.56 Å². The summed E-state index contributed by atoms with van der Waals surface area (Å²) in [6.07, 6.45) is 6.22. The third-order valence-electron chi connectivity index (χ3n) is 4.97. The highest BCUT2D eigenvalue weighted by Crippen LogP contribution is 2.48. The Morgan fingerprint density at radius 1 is 1.35 bits per heavy atom. The molecule has 0 saturated carbocycles. The Balaban J connectivity index is 1.99. The number of benzene rings is 1. The average Bonchev–Trinajstić information content (AvgIpc) is 2.86. The largest absolute Gasteiger partial charge is 0.508 e. The van der Waals surface area contributed by atoms with Gasteiger partial charge >= 0.3 is 0 Å². The number of aromatic hydroxyl groups is 1. The highest BCUT2D eigenvalue weighted by Gasteiger charge is 2.47. The maximum absolute atomic E-state index is 12.4. The summed E-state index contributed by atoms with van der Waals surface area (Å²) in [6.45, 7) is 5.94. The molecule has 0 fully saturated rings. The zero-order chi connectivity index (χ0) is 18.9. The number of nitrogens with one attached hydrogen (secondary N) is 1. The fourth-order valence-corrected chi connectivity index (χ4v) is 3.63. The molecule has 5 nitrogen and oxygen atoms in total. The maximum atomic E-state index is 12.4. The first-order chi connectivity index (χ1) is 12.4. The van der Waals surface area contributed by atoms with Crippen LogP contribution in [0.2, 0.25) is 0 Å². The van der Waals surface area contributed by atoms with Gasteiger partial charge in [-0.3, -0.25) is 4.79 Å². The minimum atomic E-state index is -0.994. The number of allylic oxidation sites excluding steroid dienone is 2. The van der Waals surface area contributed by atoms with Crippen molar-refractivity contribution in [1.29, 1.82) is 0 Å².